The van der Waals surface area contributed by atoms with Gasteiger partial charge in [0, 0.05) is 19.1 Å². The maximum Gasteiger partial charge on any atom is 0.228 e. The minimum absolute atomic E-state index is 0.0708. The minimum Gasteiger partial charge on any atom is -0.342 e. The Morgan fingerprint density at radius 3 is 2.71 bits per heavy atom. The van der Waals surface area contributed by atoms with Gasteiger partial charge >= 0.3 is 0 Å². The van der Waals surface area contributed by atoms with Gasteiger partial charge in [-0.2, -0.15) is 0 Å². The van der Waals surface area contributed by atoms with Crippen molar-refractivity contribution in [3.05, 3.63) is 0 Å². The lowest BCUT2D eigenvalue weighted by atomic mass is 9.74. The molecule has 0 saturated carbocycles. The number of nitrogens with zero attached hydrogens (tertiary/aromatic N) is 2. The van der Waals surface area contributed by atoms with Crippen LogP contribution in [0.15, 0.2) is 0 Å². The topological polar surface area (TPSA) is 35.6 Å². The first-order chi connectivity index (χ1) is 10.2. The second-order valence-corrected chi connectivity index (χ2v) is 7.37. The molecule has 21 heavy (non-hydrogen) atoms. The molecule has 0 spiro atoms. The Labute approximate surface area is 129 Å². The molecule has 2 atom stereocenters. The van der Waals surface area contributed by atoms with E-state index in [0.29, 0.717) is 17.9 Å². The summed E-state index contributed by atoms with van der Waals surface area (Å²) in [6, 6.07) is 0.716. The van der Waals surface area contributed by atoms with Crippen LogP contribution in [-0.4, -0.2) is 61.5 Å². The molecular weight excluding hydrogens is 262 g/mol. The fraction of sp³-hybridized carbons (Fsp3) is 0.941. The van der Waals surface area contributed by atoms with E-state index in [1.165, 1.54) is 25.8 Å². The summed E-state index contributed by atoms with van der Waals surface area (Å²) in [5.41, 5.74) is -0.0708. The van der Waals surface area contributed by atoms with Gasteiger partial charge in [0.25, 0.3) is 0 Å². The molecule has 3 rings (SSSR count). The Kier molecular flexibility index (Phi) is 4.55. The summed E-state index contributed by atoms with van der Waals surface area (Å²) in [6.07, 6.45) is 6.81. The zero-order valence-corrected chi connectivity index (χ0v) is 13.7. The standard InChI is InChI=1S/C17H31N3O/c1-3-17(7-9-18-10-8-17)16(21)20-12-6-15-14(13-20)5-4-11-19(15)2/h14-15,18H,3-13H2,1-2H3. The molecule has 0 aromatic heterocycles. The van der Waals surface area contributed by atoms with Crippen LogP contribution in [0.5, 0.6) is 0 Å². The van der Waals surface area contributed by atoms with Crippen LogP contribution >= 0.6 is 0 Å². The highest BCUT2D eigenvalue weighted by Gasteiger charge is 2.43. The molecule has 3 saturated heterocycles. The van der Waals surface area contributed by atoms with Crippen LogP contribution < -0.4 is 5.32 Å². The number of rotatable bonds is 2. The molecule has 1 N–H and O–H groups in total. The van der Waals surface area contributed by atoms with E-state index in [9.17, 15) is 4.79 Å². The van der Waals surface area contributed by atoms with E-state index in [-0.39, 0.29) is 5.41 Å². The second kappa shape index (κ2) is 6.25. The Morgan fingerprint density at radius 1 is 1.24 bits per heavy atom. The van der Waals surface area contributed by atoms with Gasteiger partial charge in [-0.15, -0.1) is 0 Å². The van der Waals surface area contributed by atoms with Gasteiger partial charge in [-0.25, -0.2) is 0 Å². The third-order valence-electron chi connectivity index (χ3n) is 6.32. The summed E-state index contributed by atoms with van der Waals surface area (Å²) in [5.74, 6) is 1.16. The van der Waals surface area contributed by atoms with Crippen LogP contribution in [0.25, 0.3) is 0 Å². The minimum atomic E-state index is -0.0708. The maximum absolute atomic E-state index is 13.1. The molecule has 3 heterocycles. The Bertz CT molecular complexity index is 378. The molecule has 0 aliphatic carbocycles. The Balaban J connectivity index is 1.68. The lowest BCUT2D eigenvalue weighted by Crippen LogP contribution is -2.57. The van der Waals surface area contributed by atoms with Gasteiger partial charge in [0.1, 0.15) is 0 Å². The number of nitrogens with one attached hydrogen (secondary N) is 1. The summed E-state index contributed by atoms with van der Waals surface area (Å²) in [4.78, 5) is 17.9. The summed E-state index contributed by atoms with van der Waals surface area (Å²) < 4.78 is 0. The molecule has 0 radical (unpaired) electrons. The maximum atomic E-state index is 13.1. The number of hydrogen-bond acceptors (Lipinski definition) is 3. The summed E-state index contributed by atoms with van der Waals surface area (Å²) >= 11 is 0. The first kappa shape index (κ1) is 15.3. The molecule has 0 aromatic rings. The fourth-order valence-corrected chi connectivity index (χ4v) is 4.80. The fourth-order valence-electron chi connectivity index (χ4n) is 4.80. The average Bonchev–Trinajstić information content (AvgIpc) is 2.54. The van der Waals surface area contributed by atoms with E-state index in [0.717, 1.165) is 45.4 Å². The third kappa shape index (κ3) is 2.85. The molecule has 120 valence electrons. The highest BCUT2D eigenvalue weighted by Crippen LogP contribution is 2.37. The zero-order chi connectivity index (χ0) is 14.9. The lowest BCUT2D eigenvalue weighted by molar-refractivity contribution is -0.147. The van der Waals surface area contributed by atoms with E-state index in [1.54, 1.807) is 0 Å². The number of hydrogen-bond donors (Lipinski definition) is 1. The number of fused-ring (bicyclic) bond motifs is 1. The molecule has 3 aliphatic rings. The molecule has 4 nitrogen and oxygen atoms in total. The highest BCUT2D eigenvalue weighted by molar-refractivity contribution is 5.83. The SMILES string of the molecule is CCC1(C(=O)N2CCC3C(CCCN3C)C2)CCNCC1. The van der Waals surface area contributed by atoms with Crippen molar-refractivity contribution in [2.45, 2.75) is 51.5 Å². The second-order valence-electron chi connectivity index (χ2n) is 7.37. The predicted octanol–water partition coefficient (Wildman–Crippen LogP) is 1.71. The molecule has 2 unspecified atom stereocenters. The average molecular weight is 293 g/mol. The number of amides is 1. The van der Waals surface area contributed by atoms with Gasteiger partial charge in [0.05, 0.1) is 5.41 Å². The summed E-state index contributed by atoms with van der Waals surface area (Å²) in [7, 11) is 2.26. The molecule has 3 fully saturated rings. The van der Waals surface area contributed by atoms with Gasteiger partial charge in [-0.3, -0.25) is 4.79 Å². The number of piperidine rings is 3. The molecule has 0 aromatic carbocycles. The number of carbonyl (C=O) groups is 1. The van der Waals surface area contributed by atoms with Crippen molar-refractivity contribution in [3.8, 4) is 0 Å². The van der Waals surface area contributed by atoms with Crippen molar-refractivity contribution in [2.24, 2.45) is 11.3 Å². The smallest absolute Gasteiger partial charge is 0.228 e. The Morgan fingerprint density at radius 2 is 2.00 bits per heavy atom. The van der Waals surface area contributed by atoms with E-state index < -0.39 is 0 Å². The molecule has 3 aliphatic heterocycles. The highest BCUT2D eigenvalue weighted by atomic mass is 16.2. The van der Waals surface area contributed by atoms with E-state index in [4.69, 9.17) is 0 Å². The first-order valence-electron chi connectivity index (χ1n) is 8.86. The number of carbonyl (C=O) groups excluding carboxylic acids is 1. The van der Waals surface area contributed by atoms with Gasteiger partial charge in [-0.1, -0.05) is 6.92 Å². The van der Waals surface area contributed by atoms with Crippen LogP contribution in [-0.2, 0) is 4.79 Å². The van der Waals surface area contributed by atoms with Crippen molar-refractivity contribution in [3.63, 3.8) is 0 Å². The molecule has 4 heteroatoms. The predicted molar refractivity (Wildman–Crippen MR) is 85.2 cm³/mol. The van der Waals surface area contributed by atoms with Gasteiger partial charge in [-0.05, 0) is 71.1 Å². The largest absolute Gasteiger partial charge is 0.342 e. The lowest BCUT2D eigenvalue weighted by Gasteiger charge is -2.48. The van der Waals surface area contributed by atoms with Crippen LogP contribution in [0.1, 0.15) is 45.4 Å². The van der Waals surface area contributed by atoms with Crippen molar-refractivity contribution in [1.82, 2.24) is 15.1 Å². The van der Waals surface area contributed by atoms with Crippen molar-refractivity contribution < 1.29 is 4.79 Å². The van der Waals surface area contributed by atoms with Crippen molar-refractivity contribution >= 4 is 5.91 Å². The molecule has 1 amide bonds. The van der Waals surface area contributed by atoms with Gasteiger partial charge in [0.2, 0.25) is 5.91 Å². The van der Waals surface area contributed by atoms with Crippen molar-refractivity contribution in [2.75, 3.05) is 39.8 Å². The molecule has 0 bridgehead atoms. The zero-order valence-electron chi connectivity index (χ0n) is 13.7. The van der Waals surface area contributed by atoms with E-state index in [2.05, 4.69) is 29.1 Å². The summed E-state index contributed by atoms with van der Waals surface area (Å²) in [6.45, 7) is 7.41. The van der Waals surface area contributed by atoms with Gasteiger partial charge < -0.3 is 15.1 Å². The normalized spacial score (nSPS) is 33.5. The van der Waals surface area contributed by atoms with E-state index >= 15 is 0 Å². The van der Waals surface area contributed by atoms with Crippen LogP contribution in [0, 0.1) is 11.3 Å². The summed E-state index contributed by atoms with van der Waals surface area (Å²) in [5, 5.41) is 3.41. The monoisotopic (exact) mass is 293 g/mol. The van der Waals surface area contributed by atoms with Crippen LogP contribution in [0.2, 0.25) is 0 Å². The third-order valence-corrected chi connectivity index (χ3v) is 6.32. The quantitative estimate of drug-likeness (QED) is 0.842. The Hall–Kier alpha value is -0.610. The number of likely N-dealkylation sites (tertiary alicyclic amines) is 2. The van der Waals surface area contributed by atoms with Crippen LogP contribution in [0.3, 0.4) is 0 Å². The van der Waals surface area contributed by atoms with Crippen LogP contribution in [0.4, 0.5) is 0 Å². The first-order valence-corrected chi connectivity index (χ1v) is 8.86. The van der Waals surface area contributed by atoms with Gasteiger partial charge in [0.15, 0.2) is 0 Å². The van der Waals surface area contributed by atoms with Crippen molar-refractivity contribution in [1.29, 1.82) is 0 Å². The van der Waals surface area contributed by atoms with E-state index in [1.807, 2.05) is 0 Å². The molecular formula is C17H31N3O.